The molecule has 0 aromatic heterocycles. The zero-order valence-electron chi connectivity index (χ0n) is 18.9. The molecule has 2 aliphatic rings. The molecule has 0 saturated carbocycles. The first-order valence-corrected chi connectivity index (χ1v) is 11.8. The highest BCUT2D eigenvalue weighted by Gasteiger charge is 2.48. The Kier molecular flexibility index (Phi) is 7.40. The minimum absolute atomic E-state index is 0.0806. The van der Waals surface area contributed by atoms with Crippen LogP contribution in [0.4, 0.5) is 13.2 Å². The number of halogens is 4. The number of hydrogen-bond donors (Lipinski definition) is 1. The highest BCUT2D eigenvalue weighted by atomic mass is 35.5. The number of nitrogens with one attached hydrogen (secondary N) is 1. The highest BCUT2D eigenvalue weighted by Crippen LogP contribution is 2.35. The van der Waals surface area contributed by atoms with Gasteiger partial charge in [-0.15, -0.1) is 0 Å². The van der Waals surface area contributed by atoms with Gasteiger partial charge in [0.05, 0.1) is 11.6 Å². The molecule has 2 atom stereocenters. The lowest BCUT2D eigenvalue weighted by Crippen LogP contribution is -2.61. The SMILES string of the molecule is C[C@H](NC(=O)C1(N2CC[C@@H](Oc3cccc(C(F)(F)F)c3)C2)CCOCC1)c1cccc(Cl)c1. The van der Waals surface area contributed by atoms with Crippen LogP contribution in [0.2, 0.25) is 5.02 Å². The maximum Gasteiger partial charge on any atom is 0.416 e. The van der Waals surface area contributed by atoms with Gasteiger partial charge in [-0.05, 0) is 62.1 Å². The van der Waals surface area contributed by atoms with Gasteiger partial charge in [-0.1, -0.05) is 29.8 Å². The second kappa shape index (κ2) is 10.1. The van der Waals surface area contributed by atoms with E-state index in [1.54, 1.807) is 6.07 Å². The second-order valence-corrected chi connectivity index (χ2v) is 9.33. The van der Waals surface area contributed by atoms with E-state index in [0.717, 1.165) is 17.7 Å². The summed E-state index contributed by atoms with van der Waals surface area (Å²) in [6, 6.07) is 12.1. The van der Waals surface area contributed by atoms with Crippen LogP contribution >= 0.6 is 11.6 Å². The van der Waals surface area contributed by atoms with Gasteiger partial charge in [0, 0.05) is 31.3 Å². The zero-order chi connectivity index (χ0) is 24.3. The van der Waals surface area contributed by atoms with E-state index in [0.29, 0.717) is 50.6 Å². The average Bonchev–Trinajstić information content (AvgIpc) is 3.28. The first kappa shape index (κ1) is 24.8. The smallest absolute Gasteiger partial charge is 0.416 e. The Balaban J connectivity index is 1.46. The number of likely N-dealkylation sites (tertiary alicyclic amines) is 1. The fourth-order valence-electron chi connectivity index (χ4n) is 4.74. The van der Waals surface area contributed by atoms with Gasteiger partial charge in [0.15, 0.2) is 0 Å². The Labute approximate surface area is 202 Å². The van der Waals surface area contributed by atoms with E-state index in [2.05, 4.69) is 10.2 Å². The Morgan fingerprint density at radius 2 is 1.94 bits per heavy atom. The summed E-state index contributed by atoms with van der Waals surface area (Å²) in [5.74, 6) is 0.102. The number of alkyl halides is 3. The van der Waals surface area contributed by atoms with Crippen LogP contribution in [0.15, 0.2) is 48.5 Å². The van der Waals surface area contributed by atoms with Crippen molar-refractivity contribution < 1.29 is 27.4 Å². The quantitative estimate of drug-likeness (QED) is 0.594. The molecule has 2 fully saturated rings. The summed E-state index contributed by atoms with van der Waals surface area (Å²) in [6.45, 7) is 3.92. The summed E-state index contributed by atoms with van der Waals surface area (Å²) in [7, 11) is 0. The molecular formula is C25H28ClF3N2O3. The van der Waals surface area contributed by atoms with Crippen molar-refractivity contribution in [2.75, 3.05) is 26.3 Å². The molecule has 1 N–H and O–H groups in total. The molecule has 2 aromatic rings. The lowest BCUT2D eigenvalue weighted by molar-refractivity contribution is -0.141. The van der Waals surface area contributed by atoms with Crippen LogP contribution in [0, 0.1) is 0 Å². The second-order valence-electron chi connectivity index (χ2n) is 8.89. The maximum atomic E-state index is 13.6. The fraction of sp³-hybridized carbons (Fsp3) is 0.480. The molecule has 9 heteroatoms. The lowest BCUT2D eigenvalue weighted by atomic mass is 9.86. The summed E-state index contributed by atoms with van der Waals surface area (Å²) in [4.78, 5) is 15.7. The van der Waals surface area contributed by atoms with E-state index in [1.165, 1.54) is 12.1 Å². The molecule has 2 heterocycles. The largest absolute Gasteiger partial charge is 0.489 e. The van der Waals surface area contributed by atoms with Crippen molar-refractivity contribution in [2.45, 2.75) is 50.0 Å². The molecule has 5 nitrogen and oxygen atoms in total. The van der Waals surface area contributed by atoms with Gasteiger partial charge >= 0.3 is 6.18 Å². The third-order valence-electron chi connectivity index (χ3n) is 6.65. The molecule has 0 bridgehead atoms. The van der Waals surface area contributed by atoms with E-state index in [-0.39, 0.29) is 23.8 Å². The Morgan fingerprint density at radius 3 is 2.65 bits per heavy atom. The van der Waals surface area contributed by atoms with Crippen molar-refractivity contribution in [1.82, 2.24) is 10.2 Å². The van der Waals surface area contributed by atoms with E-state index in [4.69, 9.17) is 21.1 Å². The molecule has 2 saturated heterocycles. The number of ether oxygens (including phenoxy) is 2. The molecule has 2 aromatic carbocycles. The molecule has 0 unspecified atom stereocenters. The monoisotopic (exact) mass is 496 g/mol. The third kappa shape index (κ3) is 5.50. The topological polar surface area (TPSA) is 50.8 Å². The van der Waals surface area contributed by atoms with Crippen molar-refractivity contribution in [3.63, 3.8) is 0 Å². The minimum Gasteiger partial charge on any atom is -0.489 e. The van der Waals surface area contributed by atoms with Gasteiger partial charge in [-0.2, -0.15) is 13.2 Å². The van der Waals surface area contributed by atoms with Gasteiger partial charge < -0.3 is 14.8 Å². The number of hydrogen-bond acceptors (Lipinski definition) is 4. The molecule has 34 heavy (non-hydrogen) atoms. The van der Waals surface area contributed by atoms with E-state index >= 15 is 0 Å². The van der Waals surface area contributed by atoms with Gasteiger partial charge in [-0.25, -0.2) is 0 Å². The van der Waals surface area contributed by atoms with Crippen LogP contribution in [0.25, 0.3) is 0 Å². The number of carbonyl (C=O) groups excluding carboxylic acids is 1. The summed E-state index contributed by atoms with van der Waals surface area (Å²) >= 11 is 6.11. The van der Waals surface area contributed by atoms with Gasteiger partial charge in [0.25, 0.3) is 0 Å². The predicted molar refractivity (Wildman–Crippen MR) is 123 cm³/mol. The van der Waals surface area contributed by atoms with Crippen molar-refractivity contribution in [1.29, 1.82) is 0 Å². The summed E-state index contributed by atoms with van der Waals surface area (Å²) in [6.07, 6.45) is -3.03. The lowest BCUT2D eigenvalue weighted by Gasteiger charge is -2.43. The Morgan fingerprint density at radius 1 is 1.21 bits per heavy atom. The fourth-order valence-corrected chi connectivity index (χ4v) is 4.94. The van der Waals surface area contributed by atoms with Crippen molar-refractivity contribution in [3.05, 3.63) is 64.7 Å². The number of carbonyl (C=O) groups is 1. The molecule has 184 valence electrons. The Bertz CT molecular complexity index is 1010. The van der Waals surface area contributed by atoms with E-state index in [1.807, 2.05) is 25.1 Å². The first-order chi connectivity index (χ1) is 16.2. The number of rotatable bonds is 6. The van der Waals surface area contributed by atoms with Crippen LogP contribution in [-0.4, -0.2) is 48.8 Å². The van der Waals surface area contributed by atoms with Crippen LogP contribution in [0.5, 0.6) is 5.75 Å². The zero-order valence-corrected chi connectivity index (χ0v) is 19.7. The molecule has 4 rings (SSSR count). The number of benzene rings is 2. The van der Waals surface area contributed by atoms with E-state index < -0.39 is 17.3 Å². The van der Waals surface area contributed by atoms with Gasteiger partial charge in [0.2, 0.25) is 5.91 Å². The molecule has 2 aliphatic heterocycles. The van der Waals surface area contributed by atoms with Crippen LogP contribution in [0.1, 0.15) is 43.4 Å². The summed E-state index contributed by atoms with van der Waals surface area (Å²) in [5.41, 5.74) is -0.581. The van der Waals surface area contributed by atoms with Crippen LogP contribution in [0.3, 0.4) is 0 Å². The van der Waals surface area contributed by atoms with Gasteiger partial charge in [-0.3, -0.25) is 9.69 Å². The first-order valence-electron chi connectivity index (χ1n) is 11.4. The molecule has 1 amide bonds. The molecule has 0 aliphatic carbocycles. The predicted octanol–water partition coefficient (Wildman–Crippen LogP) is 5.24. The molecule has 0 spiro atoms. The van der Waals surface area contributed by atoms with Crippen LogP contribution < -0.4 is 10.1 Å². The normalized spacial score (nSPS) is 21.7. The Hall–Kier alpha value is -2.29. The average molecular weight is 497 g/mol. The highest BCUT2D eigenvalue weighted by molar-refractivity contribution is 6.30. The number of amides is 1. The van der Waals surface area contributed by atoms with Crippen molar-refractivity contribution in [3.8, 4) is 5.75 Å². The maximum absolute atomic E-state index is 13.6. The van der Waals surface area contributed by atoms with Crippen molar-refractivity contribution in [2.24, 2.45) is 0 Å². The third-order valence-corrected chi connectivity index (χ3v) is 6.89. The molecule has 0 radical (unpaired) electrons. The van der Waals surface area contributed by atoms with Crippen LogP contribution in [-0.2, 0) is 15.7 Å². The van der Waals surface area contributed by atoms with Crippen molar-refractivity contribution >= 4 is 17.5 Å². The number of nitrogens with zero attached hydrogens (tertiary/aromatic N) is 1. The van der Waals surface area contributed by atoms with E-state index in [9.17, 15) is 18.0 Å². The summed E-state index contributed by atoms with van der Waals surface area (Å²) < 4.78 is 50.6. The van der Waals surface area contributed by atoms with Gasteiger partial charge in [0.1, 0.15) is 17.4 Å². The molecular weight excluding hydrogens is 469 g/mol. The summed E-state index contributed by atoms with van der Waals surface area (Å²) in [5, 5.41) is 3.74. The minimum atomic E-state index is -4.43. The standard InChI is InChI=1S/C25H28ClF3N2O3/c1-17(18-4-2-6-20(26)14-18)30-23(32)24(9-12-33-13-10-24)31-11-8-22(16-31)34-21-7-3-5-19(15-21)25(27,28)29/h2-7,14-15,17,22H,8-13,16H2,1H3,(H,30,32)/t17-,22+/m0/s1.